The molecule has 1 amide bonds. The van der Waals surface area contributed by atoms with Gasteiger partial charge in [0.2, 0.25) is 5.91 Å². The summed E-state index contributed by atoms with van der Waals surface area (Å²) in [7, 11) is 0. The first-order valence-electron chi connectivity index (χ1n) is 5.98. The van der Waals surface area contributed by atoms with Crippen LogP contribution in [0.5, 0.6) is 0 Å². The maximum absolute atomic E-state index is 11.3. The zero-order valence-corrected chi connectivity index (χ0v) is 11.7. The van der Waals surface area contributed by atoms with Gasteiger partial charge in [0, 0.05) is 18.7 Å². The zero-order chi connectivity index (χ0) is 14.6. The Bertz CT molecular complexity index is 295. The largest absolute Gasteiger partial charge is 0.366 e. The number of allylic oxidation sites excluding steroid dienone is 1. The molecule has 0 unspecified atom stereocenters. The molecule has 18 heavy (non-hydrogen) atoms. The van der Waals surface area contributed by atoms with Crippen LogP contribution >= 0.6 is 0 Å². The second-order valence-corrected chi connectivity index (χ2v) is 3.39. The highest BCUT2D eigenvalue weighted by Gasteiger charge is 2.09. The molecule has 104 valence electrons. The van der Waals surface area contributed by atoms with Gasteiger partial charge in [0.25, 0.3) is 0 Å². The number of primary amides is 1. The summed E-state index contributed by atoms with van der Waals surface area (Å²) in [5.41, 5.74) is 5.21. The number of hydrogen-bond donors (Lipinski definition) is 1. The summed E-state index contributed by atoms with van der Waals surface area (Å²) in [6.07, 6.45) is 3.78. The van der Waals surface area contributed by atoms with E-state index in [1.807, 2.05) is 26.8 Å². The Hall–Kier alpha value is -1.62. The number of nitrogens with two attached hydrogens (primary N) is 1. The molecule has 0 saturated heterocycles. The van der Waals surface area contributed by atoms with Gasteiger partial charge in [-0.05, 0) is 33.3 Å². The SMILES string of the molecule is C=CC(N)=O.CCC=C(C)C(=O)ON(CC)CC. The van der Waals surface area contributed by atoms with E-state index in [0.717, 1.165) is 25.6 Å². The first-order valence-corrected chi connectivity index (χ1v) is 5.98. The first-order chi connectivity index (χ1) is 8.42. The molecule has 0 aliphatic heterocycles. The number of hydrogen-bond acceptors (Lipinski definition) is 4. The van der Waals surface area contributed by atoms with Crippen molar-refractivity contribution in [2.75, 3.05) is 13.1 Å². The quantitative estimate of drug-likeness (QED) is 0.581. The molecule has 0 aromatic heterocycles. The number of rotatable bonds is 6. The topological polar surface area (TPSA) is 72.6 Å². The maximum Gasteiger partial charge on any atom is 0.352 e. The van der Waals surface area contributed by atoms with Crippen LogP contribution in [0.2, 0.25) is 0 Å². The van der Waals surface area contributed by atoms with E-state index in [9.17, 15) is 9.59 Å². The van der Waals surface area contributed by atoms with Crippen LogP contribution in [0, 0.1) is 0 Å². The average Bonchev–Trinajstić information content (AvgIpc) is 2.36. The van der Waals surface area contributed by atoms with Gasteiger partial charge in [0.05, 0.1) is 0 Å². The summed E-state index contributed by atoms with van der Waals surface area (Å²) in [4.78, 5) is 25.9. The third kappa shape index (κ3) is 10.9. The van der Waals surface area contributed by atoms with E-state index in [-0.39, 0.29) is 5.97 Å². The van der Waals surface area contributed by atoms with Crippen LogP contribution in [0.1, 0.15) is 34.1 Å². The van der Waals surface area contributed by atoms with E-state index in [4.69, 9.17) is 4.84 Å². The predicted molar refractivity (Wildman–Crippen MR) is 72.5 cm³/mol. The molecule has 0 atom stereocenters. The van der Waals surface area contributed by atoms with Crippen molar-refractivity contribution in [3.05, 3.63) is 24.3 Å². The van der Waals surface area contributed by atoms with Crippen molar-refractivity contribution in [3.8, 4) is 0 Å². The molecule has 0 spiro atoms. The van der Waals surface area contributed by atoms with E-state index < -0.39 is 5.91 Å². The van der Waals surface area contributed by atoms with Crippen LogP contribution < -0.4 is 5.73 Å². The minimum absolute atomic E-state index is 0.245. The van der Waals surface area contributed by atoms with E-state index in [1.165, 1.54) is 0 Å². The third-order valence-corrected chi connectivity index (χ3v) is 1.95. The van der Waals surface area contributed by atoms with Crippen molar-refractivity contribution >= 4 is 11.9 Å². The lowest BCUT2D eigenvalue weighted by Crippen LogP contribution is -2.27. The zero-order valence-electron chi connectivity index (χ0n) is 11.7. The van der Waals surface area contributed by atoms with Gasteiger partial charge in [0.15, 0.2) is 0 Å². The third-order valence-electron chi connectivity index (χ3n) is 1.95. The number of nitrogens with zero attached hydrogens (tertiary/aromatic N) is 1. The molecule has 5 heteroatoms. The van der Waals surface area contributed by atoms with Gasteiger partial charge in [-0.3, -0.25) is 4.79 Å². The minimum Gasteiger partial charge on any atom is -0.366 e. The van der Waals surface area contributed by atoms with Crippen LogP contribution in [-0.4, -0.2) is 30.0 Å². The lowest BCUT2D eigenvalue weighted by molar-refractivity contribution is -0.183. The summed E-state index contributed by atoms with van der Waals surface area (Å²) >= 11 is 0. The molecule has 0 aromatic rings. The summed E-state index contributed by atoms with van der Waals surface area (Å²) in [5, 5.41) is 1.63. The van der Waals surface area contributed by atoms with Crippen LogP contribution in [-0.2, 0) is 14.4 Å². The van der Waals surface area contributed by atoms with Gasteiger partial charge in [-0.1, -0.05) is 19.6 Å². The van der Waals surface area contributed by atoms with Crippen LogP contribution in [0.15, 0.2) is 24.3 Å². The second-order valence-electron chi connectivity index (χ2n) is 3.39. The van der Waals surface area contributed by atoms with Gasteiger partial charge < -0.3 is 10.6 Å². The number of carbonyl (C=O) groups is 2. The molecule has 0 rings (SSSR count). The van der Waals surface area contributed by atoms with Crippen LogP contribution in [0.3, 0.4) is 0 Å². The Balaban J connectivity index is 0. The summed E-state index contributed by atoms with van der Waals surface area (Å²) in [5.74, 6) is -0.726. The van der Waals surface area contributed by atoms with Gasteiger partial charge in [-0.15, -0.1) is 5.06 Å². The maximum atomic E-state index is 11.3. The molecule has 0 aliphatic carbocycles. The highest BCUT2D eigenvalue weighted by Crippen LogP contribution is 2.01. The highest BCUT2D eigenvalue weighted by molar-refractivity contribution is 5.87. The Morgan fingerprint density at radius 1 is 1.28 bits per heavy atom. The monoisotopic (exact) mass is 256 g/mol. The molecular weight excluding hydrogens is 232 g/mol. The molecule has 0 saturated carbocycles. The van der Waals surface area contributed by atoms with Crippen molar-refractivity contribution in [1.29, 1.82) is 0 Å². The Labute approximate surface area is 109 Å². The smallest absolute Gasteiger partial charge is 0.352 e. The summed E-state index contributed by atoms with van der Waals surface area (Å²) in [6.45, 7) is 12.2. The number of amides is 1. The number of hydroxylamine groups is 2. The molecule has 0 radical (unpaired) electrons. The fraction of sp³-hybridized carbons (Fsp3) is 0.538. The van der Waals surface area contributed by atoms with Gasteiger partial charge in [0.1, 0.15) is 0 Å². The number of carbonyl (C=O) groups excluding carboxylic acids is 2. The second kappa shape index (κ2) is 11.9. The first kappa shape index (κ1) is 18.7. The van der Waals surface area contributed by atoms with Crippen molar-refractivity contribution < 1.29 is 14.4 Å². The minimum atomic E-state index is -0.481. The Morgan fingerprint density at radius 3 is 2.00 bits per heavy atom. The molecule has 0 bridgehead atoms. The predicted octanol–water partition coefficient (Wildman–Crippen LogP) is 1.80. The van der Waals surface area contributed by atoms with E-state index in [0.29, 0.717) is 5.57 Å². The molecule has 0 heterocycles. The molecule has 0 aromatic carbocycles. The molecule has 0 aliphatic rings. The van der Waals surface area contributed by atoms with Crippen molar-refractivity contribution in [2.24, 2.45) is 5.73 Å². The molecule has 2 N–H and O–H groups in total. The average molecular weight is 256 g/mol. The fourth-order valence-corrected chi connectivity index (χ4v) is 0.931. The molecule has 0 fully saturated rings. The van der Waals surface area contributed by atoms with E-state index in [1.54, 1.807) is 12.0 Å². The standard InChI is InChI=1S/C10H19NO2.C3H5NO/c1-5-8-9(4)10(12)13-11(6-2)7-3;1-2-3(4)5/h8H,5-7H2,1-4H3;2H,1H2,(H2,4,5). The van der Waals surface area contributed by atoms with E-state index in [2.05, 4.69) is 12.3 Å². The Morgan fingerprint density at radius 2 is 1.72 bits per heavy atom. The Kier molecular flexibility index (Phi) is 12.3. The van der Waals surface area contributed by atoms with Crippen molar-refractivity contribution in [3.63, 3.8) is 0 Å². The van der Waals surface area contributed by atoms with Crippen molar-refractivity contribution in [1.82, 2.24) is 5.06 Å². The summed E-state index contributed by atoms with van der Waals surface area (Å²) in [6, 6.07) is 0. The van der Waals surface area contributed by atoms with Crippen LogP contribution in [0.4, 0.5) is 0 Å². The van der Waals surface area contributed by atoms with Crippen LogP contribution in [0.25, 0.3) is 0 Å². The van der Waals surface area contributed by atoms with Gasteiger partial charge >= 0.3 is 5.97 Å². The molecule has 5 nitrogen and oxygen atoms in total. The lowest BCUT2D eigenvalue weighted by atomic mass is 10.2. The fourth-order valence-electron chi connectivity index (χ4n) is 0.931. The molecular formula is C13H24N2O3. The van der Waals surface area contributed by atoms with Gasteiger partial charge in [-0.25, -0.2) is 4.79 Å². The summed E-state index contributed by atoms with van der Waals surface area (Å²) < 4.78 is 0. The lowest BCUT2D eigenvalue weighted by Gasteiger charge is -2.17. The van der Waals surface area contributed by atoms with E-state index >= 15 is 0 Å². The highest BCUT2D eigenvalue weighted by atomic mass is 16.7. The van der Waals surface area contributed by atoms with Crippen molar-refractivity contribution in [2.45, 2.75) is 34.1 Å². The van der Waals surface area contributed by atoms with Gasteiger partial charge in [-0.2, -0.15) is 0 Å². The normalized spacial score (nSPS) is 10.4.